The van der Waals surface area contributed by atoms with Crippen molar-refractivity contribution < 1.29 is 28.6 Å². The first kappa shape index (κ1) is 60.6. The summed E-state index contributed by atoms with van der Waals surface area (Å²) < 4.78 is 16.8. The lowest BCUT2D eigenvalue weighted by Gasteiger charge is -2.18. The zero-order chi connectivity index (χ0) is 46.5. The third-order valence-electron chi connectivity index (χ3n) is 11.1. The van der Waals surface area contributed by atoms with Gasteiger partial charge < -0.3 is 14.2 Å². The largest absolute Gasteiger partial charge is 0.462 e. The topological polar surface area (TPSA) is 78.9 Å². The fourth-order valence-corrected chi connectivity index (χ4v) is 7.09. The summed E-state index contributed by atoms with van der Waals surface area (Å²) in [4.78, 5) is 37.9. The molecule has 0 bridgehead atoms. The Balaban J connectivity index is 4.32. The van der Waals surface area contributed by atoms with Gasteiger partial charge >= 0.3 is 17.9 Å². The number of rotatable bonds is 47. The summed E-state index contributed by atoms with van der Waals surface area (Å²) in [5, 5.41) is 0. The molecule has 0 saturated carbocycles. The molecule has 0 aromatic carbocycles. The Morgan fingerprint density at radius 3 is 1.02 bits per heavy atom. The molecule has 0 radical (unpaired) electrons. The van der Waals surface area contributed by atoms with Crippen molar-refractivity contribution in [2.45, 2.75) is 252 Å². The van der Waals surface area contributed by atoms with Crippen LogP contribution in [0.15, 0.2) is 85.1 Å². The Morgan fingerprint density at radius 1 is 0.328 bits per heavy atom. The molecule has 64 heavy (non-hydrogen) atoms. The van der Waals surface area contributed by atoms with Crippen LogP contribution in [0, 0.1) is 0 Å². The van der Waals surface area contributed by atoms with Gasteiger partial charge in [-0.3, -0.25) is 14.4 Å². The average Bonchev–Trinajstić information content (AvgIpc) is 3.29. The first-order valence-electron chi connectivity index (χ1n) is 26.6. The number of unbranched alkanes of at least 4 members (excludes halogenated alkanes) is 22. The van der Waals surface area contributed by atoms with Crippen LogP contribution in [0.4, 0.5) is 0 Å². The van der Waals surface area contributed by atoms with E-state index in [1.807, 2.05) is 0 Å². The summed E-state index contributed by atoms with van der Waals surface area (Å²) in [7, 11) is 0. The summed E-state index contributed by atoms with van der Waals surface area (Å²) in [6.45, 7) is 6.43. The SMILES string of the molecule is CC/C=C\C/C=C\C/C=C\C/C=C\C/C=C\CCCCCCCCCC(=O)OCC(COC(=O)CCCCCCC/C=C\CCCC)OC(=O)CCCCCCC/C=C\CCCCC. The van der Waals surface area contributed by atoms with E-state index in [4.69, 9.17) is 14.2 Å². The molecule has 0 spiro atoms. The number of ether oxygens (including phenoxy) is 3. The van der Waals surface area contributed by atoms with Crippen molar-refractivity contribution >= 4 is 17.9 Å². The summed E-state index contributed by atoms with van der Waals surface area (Å²) in [5.74, 6) is -0.918. The van der Waals surface area contributed by atoms with Gasteiger partial charge in [0.2, 0.25) is 0 Å². The molecule has 0 N–H and O–H groups in total. The molecule has 1 unspecified atom stereocenters. The van der Waals surface area contributed by atoms with Gasteiger partial charge in [0.15, 0.2) is 6.10 Å². The van der Waals surface area contributed by atoms with Gasteiger partial charge in [0.25, 0.3) is 0 Å². The molecule has 0 aromatic heterocycles. The Bertz CT molecular complexity index is 1250. The Hall–Kier alpha value is -3.41. The molecule has 0 aliphatic heterocycles. The van der Waals surface area contributed by atoms with Gasteiger partial charge in [-0.05, 0) is 109 Å². The maximum absolute atomic E-state index is 12.8. The number of carbonyl (C=O) groups excluding carboxylic acids is 3. The lowest BCUT2D eigenvalue weighted by atomic mass is 10.1. The molecule has 0 aromatic rings. The quantitative estimate of drug-likeness (QED) is 0.0262. The van der Waals surface area contributed by atoms with E-state index in [0.717, 1.165) is 116 Å². The fourth-order valence-electron chi connectivity index (χ4n) is 7.09. The molecule has 0 aliphatic rings. The third-order valence-corrected chi connectivity index (χ3v) is 11.1. The highest BCUT2D eigenvalue weighted by Gasteiger charge is 2.19. The molecular formula is C58H98O6. The van der Waals surface area contributed by atoms with Crippen molar-refractivity contribution in [2.24, 2.45) is 0 Å². The van der Waals surface area contributed by atoms with Crippen molar-refractivity contribution in [1.29, 1.82) is 0 Å². The van der Waals surface area contributed by atoms with Crippen molar-refractivity contribution in [2.75, 3.05) is 13.2 Å². The average molecular weight is 891 g/mol. The van der Waals surface area contributed by atoms with Gasteiger partial charge in [0, 0.05) is 19.3 Å². The molecule has 0 rings (SSSR count). The zero-order valence-corrected chi connectivity index (χ0v) is 41.8. The van der Waals surface area contributed by atoms with Crippen molar-refractivity contribution in [3.63, 3.8) is 0 Å². The molecule has 0 aliphatic carbocycles. The highest BCUT2D eigenvalue weighted by Crippen LogP contribution is 2.14. The van der Waals surface area contributed by atoms with E-state index < -0.39 is 6.10 Å². The van der Waals surface area contributed by atoms with Crippen LogP contribution in [-0.2, 0) is 28.6 Å². The fraction of sp³-hybridized carbons (Fsp3) is 0.707. The van der Waals surface area contributed by atoms with E-state index >= 15 is 0 Å². The maximum atomic E-state index is 12.8. The number of esters is 3. The molecule has 0 amide bonds. The second-order valence-corrected chi connectivity index (χ2v) is 17.4. The molecule has 6 heteroatoms. The molecule has 1 atom stereocenters. The highest BCUT2D eigenvalue weighted by atomic mass is 16.6. The maximum Gasteiger partial charge on any atom is 0.306 e. The number of hydrogen-bond acceptors (Lipinski definition) is 6. The van der Waals surface area contributed by atoms with Gasteiger partial charge in [-0.2, -0.15) is 0 Å². The van der Waals surface area contributed by atoms with Gasteiger partial charge in [-0.25, -0.2) is 0 Å². The van der Waals surface area contributed by atoms with E-state index in [2.05, 4.69) is 106 Å². The minimum atomic E-state index is -0.787. The van der Waals surface area contributed by atoms with Crippen LogP contribution in [-0.4, -0.2) is 37.2 Å². The molecular weight excluding hydrogens is 793 g/mol. The van der Waals surface area contributed by atoms with Crippen LogP contribution in [0.1, 0.15) is 245 Å². The van der Waals surface area contributed by atoms with Crippen LogP contribution in [0.25, 0.3) is 0 Å². The number of hydrogen-bond donors (Lipinski definition) is 0. The Morgan fingerprint density at radius 2 is 0.625 bits per heavy atom. The van der Waals surface area contributed by atoms with Crippen LogP contribution < -0.4 is 0 Å². The third kappa shape index (κ3) is 49.6. The highest BCUT2D eigenvalue weighted by molar-refractivity contribution is 5.71. The lowest BCUT2D eigenvalue weighted by molar-refractivity contribution is -0.167. The van der Waals surface area contributed by atoms with Gasteiger partial charge in [-0.15, -0.1) is 0 Å². The van der Waals surface area contributed by atoms with Crippen LogP contribution >= 0.6 is 0 Å². The number of carbonyl (C=O) groups is 3. The summed E-state index contributed by atoms with van der Waals surface area (Å²) in [5.41, 5.74) is 0. The monoisotopic (exact) mass is 891 g/mol. The minimum Gasteiger partial charge on any atom is -0.462 e. The zero-order valence-electron chi connectivity index (χ0n) is 41.8. The second kappa shape index (κ2) is 52.2. The molecule has 366 valence electrons. The van der Waals surface area contributed by atoms with Crippen molar-refractivity contribution in [1.82, 2.24) is 0 Å². The van der Waals surface area contributed by atoms with Crippen LogP contribution in [0.3, 0.4) is 0 Å². The van der Waals surface area contributed by atoms with E-state index in [-0.39, 0.29) is 31.1 Å². The molecule has 6 nitrogen and oxygen atoms in total. The predicted molar refractivity (Wildman–Crippen MR) is 274 cm³/mol. The van der Waals surface area contributed by atoms with Gasteiger partial charge in [-0.1, -0.05) is 202 Å². The van der Waals surface area contributed by atoms with Gasteiger partial charge in [0.05, 0.1) is 0 Å². The summed E-state index contributed by atoms with van der Waals surface area (Å²) >= 11 is 0. The smallest absolute Gasteiger partial charge is 0.306 e. The summed E-state index contributed by atoms with van der Waals surface area (Å²) in [6, 6.07) is 0. The first-order valence-corrected chi connectivity index (χ1v) is 26.6. The first-order chi connectivity index (χ1) is 31.5. The minimum absolute atomic E-state index is 0.0880. The number of allylic oxidation sites excluding steroid dienone is 14. The van der Waals surface area contributed by atoms with Crippen LogP contribution in [0.2, 0.25) is 0 Å². The van der Waals surface area contributed by atoms with Crippen molar-refractivity contribution in [3.8, 4) is 0 Å². The van der Waals surface area contributed by atoms with E-state index in [1.54, 1.807) is 0 Å². The molecule has 0 fully saturated rings. The lowest BCUT2D eigenvalue weighted by Crippen LogP contribution is -2.30. The van der Waals surface area contributed by atoms with Crippen molar-refractivity contribution in [3.05, 3.63) is 85.1 Å². The Labute approximate surface area is 395 Å². The molecule has 0 saturated heterocycles. The standard InChI is InChI=1S/C58H98O6/c1-4-7-10-13-16-19-22-24-25-26-27-28-29-30-31-32-33-34-37-39-42-45-48-51-57(60)63-54-55(53-62-56(59)50-47-44-41-38-35-21-18-15-12-9-6-3)64-58(61)52-49-46-43-40-36-23-20-17-14-11-8-5-2/h7,10,15-20,24-25,27-28,30-31,55H,4-6,8-9,11-14,21-23,26,29,32-54H2,1-3H3/b10-7-,18-15-,19-16-,20-17-,25-24-,28-27-,31-30-. The Kier molecular flexibility index (Phi) is 49.4. The molecule has 0 heterocycles. The second-order valence-electron chi connectivity index (χ2n) is 17.4. The predicted octanol–water partition coefficient (Wildman–Crippen LogP) is 17.6. The van der Waals surface area contributed by atoms with E-state index in [9.17, 15) is 14.4 Å². The normalized spacial score (nSPS) is 12.7. The van der Waals surface area contributed by atoms with E-state index in [1.165, 1.54) is 89.9 Å². The summed E-state index contributed by atoms with van der Waals surface area (Å²) in [6.07, 6.45) is 67.1. The van der Waals surface area contributed by atoms with Gasteiger partial charge in [0.1, 0.15) is 13.2 Å². The van der Waals surface area contributed by atoms with Crippen LogP contribution in [0.5, 0.6) is 0 Å². The van der Waals surface area contributed by atoms with E-state index in [0.29, 0.717) is 19.3 Å².